The second-order valence-electron chi connectivity index (χ2n) is 5.00. The maximum Gasteiger partial charge on any atom is 0.128 e. The minimum absolute atomic E-state index is 0.0597. The summed E-state index contributed by atoms with van der Waals surface area (Å²) in [6.45, 7) is 3.75. The highest BCUT2D eigenvalue weighted by Crippen LogP contribution is 2.18. The van der Waals surface area contributed by atoms with E-state index in [2.05, 4.69) is 9.88 Å². The lowest BCUT2D eigenvalue weighted by molar-refractivity contribution is 0.0215. The van der Waals surface area contributed by atoms with Crippen LogP contribution in [0.1, 0.15) is 30.5 Å². The maximum atomic E-state index is 9.22. The highest BCUT2D eigenvalue weighted by molar-refractivity contribution is 5.41. The summed E-state index contributed by atoms with van der Waals surface area (Å²) in [7, 11) is 2.03. The Labute approximate surface area is 109 Å². The first-order valence-corrected chi connectivity index (χ1v) is 6.60. The molecule has 0 saturated carbocycles. The zero-order chi connectivity index (χ0) is 13.0. The average molecular weight is 250 g/mol. The van der Waals surface area contributed by atoms with E-state index in [1.165, 1.54) is 12.8 Å². The van der Waals surface area contributed by atoms with E-state index in [1.54, 1.807) is 0 Å². The van der Waals surface area contributed by atoms with Crippen LogP contribution in [0.25, 0.3) is 0 Å². The molecule has 1 saturated heterocycles. The molecule has 1 atom stereocenters. The molecule has 1 fully saturated rings. The van der Waals surface area contributed by atoms with Crippen molar-refractivity contribution in [2.45, 2.75) is 38.9 Å². The lowest BCUT2D eigenvalue weighted by Crippen LogP contribution is -2.33. The molecule has 1 unspecified atom stereocenters. The van der Waals surface area contributed by atoms with Crippen molar-refractivity contribution in [2.75, 3.05) is 25.1 Å². The fourth-order valence-corrected chi connectivity index (χ4v) is 2.36. The van der Waals surface area contributed by atoms with Gasteiger partial charge in [-0.15, -0.1) is 0 Å². The van der Waals surface area contributed by atoms with Crippen LogP contribution in [0.15, 0.2) is 12.1 Å². The smallest absolute Gasteiger partial charge is 0.128 e. The second kappa shape index (κ2) is 6.16. The Hall–Kier alpha value is -1.13. The molecule has 0 aliphatic carbocycles. The fraction of sp³-hybridized carbons (Fsp3) is 0.643. The van der Waals surface area contributed by atoms with Crippen molar-refractivity contribution in [1.29, 1.82) is 0 Å². The number of hydrogen-bond donors (Lipinski definition) is 1. The van der Waals surface area contributed by atoms with Crippen LogP contribution in [0.2, 0.25) is 0 Å². The Bertz CT molecular complexity index is 389. The molecule has 0 bridgehead atoms. The number of hydrogen-bond acceptors (Lipinski definition) is 4. The van der Waals surface area contributed by atoms with Crippen molar-refractivity contribution in [3.8, 4) is 0 Å². The zero-order valence-electron chi connectivity index (χ0n) is 11.2. The molecule has 1 N–H and O–H groups in total. The van der Waals surface area contributed by atoms with Crippen molar-refractivity contribution < 1.29 is 9.84 Å². The Morgan fingerprint density at radius 2 is 2.28 bits per heavy atom. The van der Waals surface area contributed by atoms with Crippen LogP contribution in [0.4, 0.5) is 5.82 Å². The third kappa shape index (κ3) is 3.43. The van der Waals surface area contributed by atoms with Crippen molar-refractivity contribution >= 4 is 5.82 Å². The van der Waals surface area contributed by atoms with Crippen LogP contribution in [0, 0.1) is 6.92 Å². The predicted molar refractivity (Wildman–Crippen MR) is 71.8 cm³/mol. The van der Waals surface area contributed by atoms with Crippen LogP contribution in [0.5, 0.6) is 0 Å². The Morgan fingerprint density at radius 1 is 1.44 bits per heavy atom. The van der Waals surface area contributed by atoms with Crippen molar-refractivity contribution in [2.24, 2.45) is 0 Å². The number of ether oxygens (including phenoxy) is 1. The average Bonchev–Trinajstić information content (AvgIpc) is 2.39. The van der Waals surface area contributed by atoms with Gasteiger partial charge in [-0.25, -0.2) is 4.98 Å². The van der Waals surface area contributed by atoms with Crippen molar-refractivity contribution in [3.05, 3.63) is 23.4 Å². The molecule has 2 heterocycles. The van der Waals surface area contributed by atoms with Gasteiger partial charge in [0.05, 0.1) is 12.7 Å². The van der Waals surface area contributed by atoms with Gasteiger partial charge in [0.15, 0.2) is 0 Å². The maximum absolute atomic E-state index is 9.22. The normalized spacial score (nSPS) is 19.8. The molecule has 1 aromatic heterocycles. The summed E-state index contributed by atoms with van der Waals surface area (Å²) >= 11 is 0. The highest BCUT2D eigenvalue weighted by Gasteiger charge is 2.17. The summed E-state index contributed by atoms with van der Waals surface area (Å²) in [5.74, 6) is 0.910. The monoisotopic (exact) mass is 250 g/mol. The minimum atomic E-state index is 0.0597. The fourth-order valence-electron chi connectivity index (χ4n) is 2.36. The van der Waals surface area contributed by atoms with Crippen LogP contribution in [0.3, 0.4) is 0 Å². The highest BCUT2D eigenvalue weighted by atomic mass is 16.5. The van der Waals surface area contributed by atoms with Crippen LogP contribution >= 0.6 is 0 Å². The molecule has 4 heteroatoms. The number of nitrogens with zero attached hydrogens (tertiary/aromatic N) is 2. The number of aryl methyl sites for hydroxylation is 1. The van der Waals surface area contributed by atoms with Gasteiger partial charge in [-0.1, -0.05) is 0 Å². The summed E-state index contributed by atoms with van der Waals surface area (Å²) in [5.41, 5.74) is 1.85. The Kier molecular flexibility index (Phi) is 4.55. The quantitative estimate of drug-likeness (QED) is 0.886. The van der Waals surface area contributed by atoms with Gasteiger partial charge in [-0.2, -0.15) is 0 Å². The molecule has 4 nitrogen and oxygen atoms in total. The second-order valence-corrected chi connectivity index (χ2v) is 5.00. The number of aliphatic hydroxyl groups is 1. The minimum Gasteiger partial charge on any atom is -0.392 e. The summed E-state index contributed by atoms with van der Waals surface area (Å²) in [5, 5.41) is 9.22. The molecule has 1 aliphatic heterocycles. The van der Waals surface area contributed by atoms with E-state index in [0.717, 1.165) is 36.6 Å². The first-order chi connectivity index (χ1) is 8.69. The molecule has 0 amide bonds. The van der Waals surface area contributed by atoms with E-state index in [9.17, 15) is 5.11 Å². The molecule has 0 radical (unpaired) electrons. The molecule has 100 valence electrons. The van der Waals surface area contributed by atoms with Crippen LogP contribution in [-0.4, -0.2) is 36.4 Å². The predicted octanol–water partition coefficient (Wildman–Crippen LogP) is 1.89. The number of anilines is 1. The van der Waals surface area contributed by atoms with Crippen LogP contribution in [-0.2, 0) is 11.3 Å². The molecular weight excluding hydrogens is 228 g/mol. The van der Waals surface area contributed by atoms with E-state index < -0.39 is 0 Å². The summed E-state index contributed by atoms with van der Waals surface area (Å²) < 4.78 is 5.74. The number of pyridine rings is 1. The zero-order valence-corrected chi connectivity index (χ0v) is 11.2. The van der Waals surface area contributed by atoms with E-state index >= 15 is 0 Å². The van der Waals surface area contributed by atoms with Gasteiger partial charge >= 0.3 is 0 Å². The van der Waals surface area contributed by atoms with Crippen molar-refractivity contribution in [1.82, 2.24) is 4.98 Å². The Morgan fingerprint density at radius 3 is 2.94 bits per heavy atom. The Balaban J connectivity index is 2.02. The topological polar surface area (TPSA) is 45.6 Å². The van der Waals surface area contributed by atoms with E-state index in [4.69, 9.17) is 4.74 Å². The lowest BCUT2D eigenvalue weighted by Gasteiger charge is -2.28. The molecule has 0 aromatic carbocycles. The lowest BCUT2D eigenvalue weighted by atomic mass is 10.1. The first-order valence-electron chi connectivity index (χ1n) is 6.60. The van der Waals surface area contributed by atoms with Gasteiger partial charge in [0, 0.05) is 25.9 Å². The number of aromatic nitrogens is 1. The largest absolute Gasteiger partial charge is 0.392 e. The SMILES string of the molecule is Cc1cc(CO)cc(N(C)CC2CCCCO2)n1. The number of rotatable bonds is 4. The third-order valence-electron chi connectivity index (χ3n) is 3.32. The van der Waals surface area contributed by atoms with Gasteiger partial charge in [-0.3, -0.25) is 0 Å². The molecule has 1 aromatic rings. The molecule has 2 rings (SSSR count). The first kappa shape index (κ1) is 13.3. The molecule has 1 aliphatic rings. The van der Waals surface area contributed by atoms with E-state index in [1.807, 2.05) is 26.1 Å². The standard InChI is InChI=1S/C14H22N2O2/c1-11-7-12(10-17)8-14(15-11)16(2)9-13-5-3-4-6-18-13/h7-8,13,17H,3-6,9-10H2,1-2H3. The van der Waals surface area contributed by atoms with Crippen molar-refractivity contribution in [3.63, 3.8) is 0 Å². The van der Waals surface area contributed by atoms with Gasteiger partial charge in [0.2, 0.25) is 0 Å². The van der Waals surface area contributed by atoms with E-state index in [0.29, 0.717) is 6.10 Å². The molecule has 18 heavy (non-hydrogen) atoms. The van der Waals surface area contributed by atoms with Gasteiger partial charge in [-0.05, 0) is 43.9 Å². The van der Waals surface area contributed by atoms with Gasteiger partial charge < -0.3 is 14.7 Å². The van der Waals surface area contributed by atoms with Crippen LogP contribution < -0.4 is 4.90 Å². The molecular formula is C14H22N2O2. The summed E-state index contributed by atoms with van der Waals surface area (Å²) in [6, 6.07) is 3.85. The van der Waals surface area contributed by atoms with Gasteiger partial charge in [0.1, 0.15) is 5.82 Å². The third-order valence-corrected chi connectivity index (χ3v) is 3.32. The number of likely N-dealkylation sites (N-methyl/N-ethyl adjacent to an activating group) is 1. The summed E-state index contributed by atoms with van der Waals surface area (Å²) in [6.07, 6.45) is 3.87. The molecule has 0 spiro atoms. The van der Waals surface area contributed by atoms with E-state index in [-0.39, 0.29) is 6.61 Å². The summed E-state index contributed by atoms with van der Waals surface area (Å²) in [4.78, 5) is 6.62. The van der Waals surface area contributed by atoms with Gasteiger partial charge in [0.25, 0.3) is 0 Å². The number of aliphatic hydroxyl groups excluding tert-OH is 1.